The Morgan fingerprint density at radius 1 is 1.17 bits per heavy atom. The number of nitrogens with two attached hydrogens (primary N) is 1. The molecule has 3 heterocycles. The molecule has 0 bridgehead atoms. The van der Waals surface area contributed by atoms with Crippen molar-refractivity contribution in [3.63, 3.8) is 0 Å². The molecule has 3 N–H and O–H groups in total. The van der Waals surface area contributed by atoms with Gasteiger partial charge in [0.1, 0.15) is 11.9 Å². The summed E-state index contributed by atoms with van der Waals surface area (Å²) < 4.78 is 13.5. The molecule has 1 aromatic carbocycles. The monoisotopic (exact) mass is 495 g/mol. The molecule has 0 aliphatic carbocycles. The molecule has 0 radical (unpaired) electrons. The first-order valence-electron chi connectivity index (χ1n) is 11.7. The molecule has 184 valence electrons. The van der Waals surface area contributed by atoms with E-state index in [1.807, 2.05) is 11.4 Å². The predicted molar refractivity (Wildman–Crippen MR) is 134 cm³/mol. The van der Waals surface area contributed by atoms with Crippen LogP contribution in [0.3, 0.4) is 0 Å². The number of halogens is 1. The highest BCUT2D eigenvalue weighted by Crippen LogP contribution is 2.28. The van der Waals surface area contributed by atoms with Crippen LogP contribution in [0.5, 0.6) is 0 Å². The molecule has 2 aromatic heterocycles. The van der Waals surface area contributed by atoms with Crippen molar-refractivity contribution in [3.8, 4) is 0 Å². The summed E-state index contributed by atoms with van der Waals surface area (Å²) in [5, 5.41) is 4.91. The van der Waals surface area contributed by atoms with E-state index >= 15 is 0 Å². The van der Waals surface area contributed by atoms with E-state index in [1.54, 1.807) is 46.7 Å². The van der Waals surface area contributed by atoms with Gasteiger partial charge in [0.25, 0.3) is 5.91 Å². The first-order chi connectivity index (χ1) is 17.0. The maximum Gasteiger partial charge on any atom is 0.256 e. The zero-order chi connectivity index (χ0) is 24.6. The Kier molecular flexibility index (Phi) is 8.57. The van der Waals surface area contributed by atoms with Gasteiger partial charge in [-0.1, -0.05) is 18.2 Å². The third-order valence-corrected chi connectivity index (χ3v) is 7.11. The molecule has 1 aliphatic rings. The molecule has 7 nitrogen and oxygen atoms in total. The van der Waals surface area contributed by atoms with Crippen molar-refractivity contribution in [3.05, 3.63) is 88.1 Å². The molecule has 35 heavy (non-hydrogen) atoms. The van der Waals surface area contributed by atoms with Gasteiger partial charge in [-0.05, 0) is 54.1 Å². The maximum absolute atomic E-state index is 13.5. The van der Waals surface area contributed by atoms with Crippen LogP contribution < -0.4 is 11.1 Å². The number of hydrogen-bond acceptors (Lipinski definition) is 6. The second kappa shape index (κ2) is 12.0. The van der Waals surface area contributed by atoms with Gasteiger partial charge in [-0.3, -0.25) is 19.5 Å². The number of nitrogens with one attached hydrogen (secondary N) is 1. The number of pyridine rings is 1. The number of benzene rings is 1. The number of thiophene rings is 1. The van der Waals surface area contributed by atoms with E-state index in [9.17, 15) is 14.0 Å². The smallest absolute Gasteiger partial charge is 0.256 e. The molecule has 1 saturated heterocycles. The fourth-order valence-corrected chi connectivity index (χ4v) is 5.21. The molecule has 0 saturated carbocycles. The lowest BCUT2D eigenvalue weighted by molar-refractivity contribution is -0.127. The van der Waals surface area contributed by atoms with E-state index in [0.29, 0.717) is 44.7 Å². The van der Waals surface area contributed by atoms with Gasteiger partial charge in [0.05, 0.1) is 5.56 Å². The van der Waals surface area contributed by atoms with Crippen LogP contribution in [0.25, 0.3) is 0 Å². The first-order valence-corrected chi connectivity index (χ1v) is 12.6. The summed E-state index contributed by atoms with van der Waals surface area (Å²) in [6.07, 6.45) is 4.36. The van der Waals surface area contributed by atoms with Crippen molar-refractivity contribution in [2.24, 2.45) is 5.73 Å². The predicted octanol–water partition coefficient (Wildman–Crippen LogP) is 3.03. The third kappa shape index (κ3) is 6.50. The van der Waals surface area contributed by atoms with Crippen LogP contribution in [0.1, 0.15) is 33.6 Å². The molecule has 1 fully saturated rings. The number of carbonyl (C=O) groups is 2. The molecule has 2 amide bonds. The minimum absolute atomic E-state index is 0.0636. The molecule has 9 heteroatoms. The Morgan fingerprint density at radius 3 is 2.69 bits per heavy atom. The average molecular weight is 496 g/mol. The van der Waals surface area contributed by atoms with Crippen LogP contribution in [0.2, 0.25) is 0 Å². The molecule has 1 unspecified atom stereocenters. The minimum atomic E-state index is -0.618. The van der Waals surface area contributed by atoms with Crippen LogP contribution in [-0.2, 0) is 17.9 Å². The van der Waals surface area contributed by atoms with Gasteiger partial charge < -0.3 is 16.0 Å². The first kappa shape index (κ1) is 25.0. The normalized spacial score (nSPS) is 18.0. The van der Waals surface area contributed by atoms with Gasteiger partial charge in [0.2, 0.25) is 5.91 Å². The van der Waals surface area contributed by atoms with E-state index in [2.05, 4.69) is 21.3 Å². The number of nitrogens with zero attached hydrogens (tertiary/aromatic N) is 3. The molecule has 3 aromatic rings. The van der Waals surface area contributed by atoms with Gasteiger partial charge >= 0.3 is 0 Å². The van der Waals surface area contributed by atoms with E-state index < -0.39 is 6.04 Å². The molecule has 4 rings (SSSR count). The number of rotatable bonds is 9. The summed E-state index contributed by atoms with van der Waals surface area (Å²) in [5.74, 6) is -0.666. The second-order valence-electron chi connectivity index (χ2n) is 8.62. The topological polar surface area (TPSA) is 91.6 Å². The largest absolute Gasteiger partial charge is 0.353 e. The Bertz CT molecular complexity index is 1090. The highest BCUT2D eigenvalue weighted by Gasteiger charge is 2.38. The highest BCUT2D eigenvalue weighted by molar-refractivity contribution is 7.09. The highest BCUT2D eigenvalue weighted by atomic mass is 32.1. The SMILES string of the molecule is NCCNC(=O)[C@H]1CC(N(Cc2ccc(F)cc2)Cc2cccs2)CCN1C(=O)c1cccnc1. The van der Waals surface area contributed by atoms with Crippen molar-refractivity contribution < 1.29 is 14.0 Å². The summed E-state index contributed by atoms with van der Waals surface area (Å²) >= 11 is 1.68. The van der Waals surface area contributed by atoms with Gasteiger partial charge in [0, 0.05) is 56.0 Å². The standard InChI is InChI=1S/C26H30FN5O2S/c27-21-7-5-19(6-8-21)17-31(18-23-4-2-14-35-23)22-9-13-32(24(15-22)25(33)30-12-10-28)26(34)20-3-1-11-29-16-20/h1-8,11,14,16,22,24H,9-10,12-13,15,17-18,28H2,(H,30,33)/t22?,24-/m1/s1. The van der Waals surface area contributed by atoms with E-state index in [0.717, 1.165) is 12.0 Å². The number of aromatic nitrogens is 1. The van der Waals surface area contributed by atoms with Gasteiger partial charge in [-0.15, -0.1) is 11.3 Å². The molecular formula is C26H30FN5O2S. The van der Waals surface area contributed by atoms with Gasteiger partial charge in [-0.2, -0.15) is 0 Å². The molecule has 1 aliphatic heterocycles. The van der Waals surface area contributed by atoms with Crippen molar-refractivity contribution in [2.45, 2.75) is 38.0 Å². The summed E-state index contributed by atoms with van der Waals surface area (Å²) in [5.41, 5.74) is 7.07. The van der Waals surface area contributed by atoms with Gasteiger partial charge in [-0.25, -0.2) is 4.39 Å². The van der Waals surface area contributed by atoms with Crippen LogP contribution >= 0.6 is 11.3 Å². The Labute approximate surface area is 208 Å². The Morgan fingerprint density at radius 2 is 2.00 bits per heavy atom. The lowest BCUT2D eigenvalue weighted by Crippen LogP contribution is -2.57. The summed E-state index contributed by atoms with van der Waals surface area (Å²) in [6, 6.07) is 13.5. The zero-order valence-corrected chi connectivity index (χ0v) is 20.3. The lowest BCUT2D eigenvalue weighted by atomic mass is 9.93. The minimum Gasteiger partial charge on any atom is -0.353 e. The number of hydrogen-bond donors (Lipinski definition) is 2. The molecule has 2 atom stereocenters. The number of carbonyl (C=O) groups excluding carboxylic acids is 2. The number of likely N-dealkylation sites (tertiary alicyclic amines) is 1. The van der Waals surface area contributed by atoms with Crippen LogP contribution in [-0.4, -0.2) is 58.3 Å². The summed E-state index contributed by atoms with van der Waals surface area (Å²) in [7, 11) is 0. The summed E-state index contributed by atoms with van der Waals surface area (Å²) in [4.78, 5) is 35.7. The number of piperidine rings is 1. The summed E-state index contributed by atoms with van der Waals surface area (Å²) in [6.45, 7) is 2.46. The van der Waals surface area contributed by atoms with E-state index in [1.165, 1.54) is 23.2 Å². The fraction of sp³-hybridized carbons (Fsp3) is 0.346. The number of amides is 2. The zero-order valence-electron chi connectivity index (χ0n) is 19.5. The third-order valence-electron chi connectivity index (χ3n) is 6.24. The van der Waals surface area contributed by atoms with Crippen LogP contribution in [0.4, 0.5) is 4.39 Å². The fourth-order valence-electron chi connectivity index (χ4n) is 4.48. The van der Waals surface area contributed by atoms with Crippen molar-refractivity contribution in [1.82, 2.24) is 20.1 Å². The van der Waals surface area contributed by atoms with Crippen LogP contribution in [0.15, 0.2) is 66.3 Å². The second-order valence-corrected chi connectivity index (χ2v) is 9.66. The van der Waals surface area contributed by atoms with Crippen molar-refractivity contribution in [1.29, 1.82) is 0 Å². The molecular weight excluding hydrogens is 465 g/mol. The van der Waals surface area contributed by atoms with Crippen molar-refractivity contribution in [2.75, 3.05) is 19.6 Å². The average Bonchev–Trinajstić information content (AvgIpc) is 3.41. The Balaban J connectivity index is 1.57. The van der Waals surface area contributed by atoms with E-state index in [4.69, 9.17) is 5.73 Å². The Hall–Kier alpha value is -3.14. The van der Waals surface area contributed by atoms with Gasteiger partial charge in [0.15, 0.2) is 0 Å². The lowest BCUT2D eigenvalue weighted by Gasteiger charge is -2.43. The maximum atomic E-state index is 13.5. The van der Waals surface area contributed by atoms with Crippen molar-refractivity contribution >= 4 is 23.2 Å². The van der Waals surface area contributed by atoms with E-state index in [-0.39, 0.29) is 23.7 Å². The molecule has 0 spiro atoms. The van der Waals surface area contributed by atoms with Crippen LogP contribution in [0, 0.1) is 5.82 Å². The quantitative estimate of drug-likeness (QED) is 0.476.